The third kappa shape index (κ3) is 2.19. The molecule has 1 aromatic carbocycles. The van der Waals surface area contributed by atoms with Gasteiger partial charge in [0.1, 0.15) is 19.3 Å². The van der Waals surface area contributed by atoms with Gasteiger partial charge in [0.15, 0.2) is 11.5 Å². The lowest BCUT2D eigenvalue weighted by Crippen LogP contribution is -2.23. The predicted octanol–water partition coefficient (Wildman–Crippen LogP) is 1.10. The van der Waals surface area contributed by atoms with Gasteiger partial charge in [-0.2, -0.15) is 0 Å². The van der Waals surface area contributed by atoms with Crippen LogP contribution in [0.1, 0.15) is 24.1 Å². The summed E-state index contributed by atoms with van der Waals surface area (Å²) in [5.74, 6) is 0.186. The Kier molecular flexibility index (Phi) is 3.19. The highest BCUT2D eigenvalue weighted by atomic mass is 16.6. The van der Waals surface area contributed by atoms with Crippen molar-refractivity contribution in [3.05, 3.63) is 23.3 Å². The van der Waals surface area contributed by atoms with E-state index in [0.29, 0.717) is 36.7 Å². The van der Waals surface area contributed by atoms with Crippen LogP contribution in [0, 0.1) is 0 Å². The second kappa shape index (κ2) is 4.63. The maximum Gasteiger partial charge on any atom is 0.325 e. The second-order valence-electron chi connectivity index (χ2n) is 3.86. The van der Waals surface area contributed by atoms with Gasteiger partial charge in [0.25, 0.3) is 0 Å². The molecule has 17 heavy (non-hydrogen) atoms. The van der Waals surface area contributed by atoms with Gasteiger partial charge in [-0.05, 0) is 29.7 Å². The number of aryl methyl sites for hydroxylation is 1. The number of hydrogen-bond donors (Lipinski definition) is 2. The summed E-state index contributed by atoms with van der Waals surface area (Å²) in [7, 11) is 0. The van der Waals surface area contributed by atoms with Crippen LogP contribution in [0.2, 0.25) is 0 Å². The number of ether oxygens (including phenoxy) is 2. The Morgan fingerprint density at radius 1 is 1.41 bits per heavy atom. The average molecular weight is 237 g/mol. The van der Waals surface area contributed by atoms with Crippen LogP contribution in [0.25, 0.3) is 0 Å². The molecule has 5 nitrogen and oxygen atoms in total. The van der Waals surface area contributed by atoms with E-state index in [1.165, 1.54) is 0 Å². The van der Waals surface area contributed by atoms with Crippen LogP contribution >= 0.6 is 0 Å². The molecule has 0 saturated carbocycles. The lowest BCUT2D eigenvalue weighted by atomic mass is 9.98. The Morgan fingerprint density at radius 3 is 2.53 bits per heavy atom. The Bertz CT molecular complexity index is 444. The third-order valence-electron chi connectivity index (χ3n) is 2.79. The molecule has 1 heterocycles. The predicted molar refractivity (Wildman–Crippen MR) is 61.4 cm³/mol. The van der Waals surface area contributed by atoms with Gasteiger partial charge >= 0.3 is 5.97 Å². The molecule has 3 N–H and O–H groups in total. The average Bonchev–Trinajstić information content (AvgIpc) is 2.36. The normalized spacial score (nSPS) is 15.4. The maximum atomic E-state index is 10.9. The largest absolute Gasteiger partial charge is 0.486 e. The van der Waals surface area contributed by atoms with Crippen LogP contribution < -0.4 is 15.2 Å². The van der Waals surface area contributed by atoms with Crippen molar-refractivity contribution in [1.82, 2.24) is 0 Å². The van der Waals surface area contributed by atoms with Crippen LogP contribution in [0.3, 0.4) is 0 Å². The van der Waals surface area contributed by atoms with Crippen LogP contribution in [0.4, 0.5) is 0 Å². The van der Waals surface area contributed by atoms with E-state index in [1.54, 1.807) is 6.07 Å². The number of hydrogen-bond acceptors (Lipinski definition) is 4. The van der Waals surface area contributed by atoms with Gasteiger partial charge in [-0.25, -0.2) is 0 Å². The highest BCUT2D eigenvalue weighted by molar-refractivity contribution is 5.76. The molecular formula is C12H15NO4. The molecule has 0 amide bonds. The molecule has 5 heteroatoms. The van der Waals surface area contributed by atoms with Gasteiger partial charge < -0.3 is 20.3 Å². The quantitative estimate of drug-likeness (QED) is 0.822. The molecule has 0 bridgehead atoms. The van der Waals surface area contributed by atoms with Gasteiger partial charge in [0.05, 0.1) is 0 Å². The first-order valence-corrected chi connectivity index (χ1v) is 5.54. The number of aliphatic carboxylic acids is 1. The summed E-state index contributed by atoms with van der Waals surface area (Å²) < 4.78 is 10.9. The number of benzene rings is 1. The zero-order valence-electron chi connectivity index (χ0n) is 9.60. The van der Waals surface area contributed by atoms with Crippen molar-refractivity contribution in [2.45, 2.75) is 19.4 Å². The van der Waals surface area contributed by atoms with Crippen molar-refractivity contribution < 1.29 is 19.4 Å². The fourth-order valence-electron chi connectivity index (χ4n) is 1.88. The molecular weight excluding hydrogens is 222 g/mol. The number of carboxylic acid groups (broad SMARTS) is 1. The second-order valence-corrected chi connectivity index (χ2v) is 3.86. The Balaban J connectivity index is 2.46. The fraction of sp³-hybridized carbons (Fsp3) is 0.417. The van der Waals surface area contributed by atoms with E-state index < -0.39 is 12.0 Å². The molecule has 92 valence electrons. The molecule has 1 aliphatic heterocycles. The van der Waals surface area contributed by atoms with E-state index >= 15 is 0 Å². The standard InChI is InChI=1S/C12H15NO4/c1-2-7-5-9-10(17-4-3-16-9)6-8(7)11(13)12(14)15/h5-6,11H,2-4,13H2,1H3,(H,14,15). The summed E-state index contributed by atoms with van der Waals surface area (Å²) in [5, 5.41) is 8.96. The minimum Gasteiger partial charge on any atom is -0.486 e. The molecule has 0 radical (unpaired) electrons. The molecule has 0 aromatic heterocycles. The summed E-state index contributed by atoms with van der Waals surface area (Å²) in [6.45, 7) is 2.93. The Hall–Kier alpha value is -1.75. The molecule has 1 atom stereocenters. The van der Waals surface area contributed by atoms with Crippen molar-refractivity contribution in [1.29, 1.82) is 0 Å². The SMILES string of the molecule is CCc1cc2c(cc1C(N)C(=O)O)OCCO2. The topological polar surface area (TPSA) is 81.8 Å². The van der Waals surface area contributed by atoms with Gasteiger partial charge in [-0.3, -0.25) is 4.79 Å². The first-order valence-electron chi connectivity index (χ1n) is 5.54. The van der Waals surface area contributed by atoms with E-state index in [9.17, 15) is 4.79 Å². The van der Waals surface area contributed by atoms with Gasteiger partial charge in [0.2, 0.25) is 0 Å². The molecule has 0 fully saturated rings. The van der Waals surface area contributed by atoms with Crippen LogP contribution in [0.15, 0.2) is 12.1 Å². The number of carbonyl (C=O) groups is 1. The van der Waals surface area contributed by atoms with E-state index in [2.05, 4.69) is 0 Å². The fourth-order valence-corrected chi connectivity index (χ4v) is 1.88. The monoisotopic (exact) mass is 237 g/mol. The smallest absolute Gasteiger partial charge is 0.325 e. The molecule has 0 spiro atoms. The van der Waals surface area contributed by atoms with Crippen LogP contribution in [-0.2, 0) is 11.2 Å². The van der Waals surface area contributed by atoms with Gasteiger partial charge in [0, 0.05) is 0 Å². The van der Waals surface area contributed by atoms with Gasteiger partial charge in [-0.1, -0.05) is 6.92 Å². The van der Waals surface area contributed by atoms with E-state index in [-0.39, 0.29) is 0 Å². The maximum absolute atomic E-state index is 10.9. The molecule has 2 rings (SSSR count). The van der Waals surface area contributed by atoms with Crippen LogP contribution in [0.5, 0.6) is 11.5 Å². The zero-order chi connectivity index (χ0) is 12.4. The summed E-state index contributed by atoms with van der Waals surface area (Å²) in [5.41, 5.74) is 7.12. The third-order valence-corrected chi connectivity index (χ3v) is 2.79. The van der Waals surface area contributed by atoms with Gasteiger partial charge in [-0.15, -0.1) is 0 Å². The molecule has 0 aliphatic carbocycles. The molecule has 1 aromatic rings. The molecule has 0 saturated heterocycles. The lowest BCUT2D eigenvalue weighted by molar-refractivity contribution is -0.138. The summed E-state index contributed by atoms with van der Waals surface area (Å²) in [6.07, 6.45) is 0.701. The molecule has 1 unspecified atom stereocenters. The number of carboxylic acids is 1. The number of fused-ring (bicyclic) bond motifs is 1. The zero-order valence-corrected chi connectivity index (χ0v) is 9.60. The highest BCUT2D eigenvalue weighted by Gasteiger charge is 2.22. The highest BCUT2D eigenvalue weighted by Crippen LogP contribution is 2.35. The summed E-state index contributed by atoms with van der Waals surface area (Å²) >= 11 is 0. The number of rotatable bonds is 3. The Morgan fingerprint density at radius 2 is 2.00 bits per heavy atom. The Labute approximate surface area is 99.1 Å². The molecule has 1 aliphatic rings. The van der Waals surface area contributed by atoms with E-state index in [0.717, 1.165) is 5.56 Å². The van der Waals surface area contributed by atoms with Crippen molar-refractivity contribution in [3.8, 4) is 11.5 Å². The van der Waals surface area contributed by atoms with Crippen LogP contribution in [-0.4, -0.2) is 24.3 Å². The summed E-state index contributed by atoms with van der Waals surface area (Å²) in [6, 6.07) is 2.46. The minimum atomic E-state index is -1.05. The van der Waals surface area contributed by atoms with Crippen molar-refractivity contribution in [3.63, 3.8) is 0 Å². The summed E-state index contributed by atoms with van der Waals surface area (Å²) in [4.78, 5) is 10.9. The van der Waals surface area contributed by atoms with Crippen molar-refractivity contribution >= 4 is 5.97 Å². The number of nitrogens with two attached hydrogens (primary N) is 1. The van der Waals surface area contributed by atoms with Crippen molar-refractivity contribution in [2.24, 2.45) is 5.73 Å². The minimum absolute atomic E-state index is 0.472. The first-order chi connectivity index (χ1) is 8.13. The van der Waals surface area contributed by atoms with E-state index in [1.807, 2.05) is 13.0 Å². The first kappa shape index (κ1) is 11.7. The van der Waals surface area contributed by atoms with Crippen molar-refractivity contribution in [2.75, 3.05) is 13.2 Å². The van der Waals surface area contributed by atoms with E-state index in [4.69, 9.17) is 20.3 Å². The lowest BCUT2D eigenvalue weighted by Gasteiger charge is -2.22.